The summed E-state index contributed by atoms with van der Waals surface area (Å²) < 4.78 is 1.51. The van der Waals surface area contributed by atoms with Gasteiger partial charge in [0, 0.05) is 0 Å². The molecular formula is C6H6N4O. The van der Waals surface area contributed by atoms with E-state index in [0.29, 0.717) is 5.65 Å². The Kier molecular flexibility index (Phi) is 1.21. The van der Waals surface area contributed by atoms with E-state index in [9.17, 15) is 0 Å². The highest BCUT2D eigenvalue weighted by Crippen LogP contribution is 2.04. The quantitative estimate of drug-likeness (QED) is 0.569. The Hall–Kier alpha value is -1.65. The maximum atomic E-state index is 4.94. The molecule has 5 heteroatoms. The molecule has 2 rings (SSSR count). The smallest absolute Gasteiger partial charge is 0.184 e. The summed E-state index contributed by atoms with van der Waals surface area (Å²) in [4.78, 5) is 16.7. The van der Waals surface area contributed by atoms with E-state index >= 15 is 0 Å². The molecule has 56 valence electrons. The molecule has 0 amide bonds. The van der Waals surface area contributed by atoms with Crippen LogP contribution in [0.3, 0.4) is 0 Å². The van der Waals surface area contributed by atoms with Gasteiger partial charge in [0.1, 0.15) is 25.3 Å². The average Bonchev–Trinajstić information content (AvgIpc) is 2.47. The van der Waals surface area contributed by atoms with Gasteiger partial charge in [0.25, 0.3) is 0 Å². The molecule has 5 nitrogen and oxygen atoms in total. The zero-order chi connectivity index (χ0) is 7.68. The number of nitrogens with zero attached hydrogens (tertiary/aromatic N) is 4. The van der Waals surface area contributed by atoms with Crippen molar-refractivity contribution in [1.29, 1.82) is 0 Å². The Balaban J connectivity index is 2.76. The molecule has 0 saturated carbocycles. The van der Waals surface area contributed by atoms with E-state index in [0.717, 1.165) is 5.52 Å². The normalized spacial score (nSPS) is 10.3. The van der Waals surface area contributed by atoms with E-state index in [1.807, 2.05) is 0 Å². The maximum Gasteiger partial charge on any atom is 0.184 e. The van der Waals surface area contributed by atoms with Crippen molar-refractivity contribution in [2.75, 3.05) is 7.11 Å². The first kappa shape index (κ1) is 6.09. The van der Waals surface area contributed by atoms with Crippen molar-refractivity contribution < 1.29 is 4.84 Å². The van der Waals surface area contributed by atoms with Crippen LogP contribution in [0.15, 0.2) is 18.9 Å². The molecular weight excluding hydrogens is 144 g/mol. The minimum atomic E-state index is 0.641. The van der Waals surface area contributed by atoms with Crippen LogP contribution in [-0.2, 0) is 0 Å². The third-order valence-corrected chi connectivity index (χ3v) is 1.39. The van der Waals surface area contributed by atoms with Gasteiger partial charge in [-0.2, -0.15) is 4.73 Å². The Morgan fingerprint density at radius 2 is 2.36 bits per heavy atom. The highest BCUT2D eigenvalue weighted by atomic mass is 16.6. The molecule has 0 spiro atoms. The predicted molar refractivity (Wildman–Crippen MR) is 37.8 cm³/mol. The Labute approximate surface area is 62.6 Å². The van der Waals surface area contributed by atoms with Gasteiger partial charge < -0.3 is 4.84 Å². The molecule has 2 heterocycles. The molecule has 0 fully saturated rings. The molecule has 0 saturated heterocycles. The van der Waals surface area contributed by atoms with Crippen molar-refractivity contribution in [2.45, 2.75) is 0 Å². The molecule has 0 unspecified atom stereocenters. The monoisotopic (exact) mass is 150 g/mol. The number of hydrogen-bond donors (Lipinski definition) is 0. The van der Waals surface area contributed by atoms with Crippen LogP contribution in [0.4, 0.5) is 0 Å². The van der Waals surface area contributed by atoms with Crippen molar-refractivity contribution in [2.24, 2.45) is 0 Å². The Morgan fingerprint density at radius 1 is 1.45 bits per heavy atom. The van der Waals surface area contributed by atoms with E-state index in [2.05, 4.69) is 15.0 Å². The molecule has 2 aromatic heterocycles. The summed E-state index contributed by atoms with van der Waals surface area (Å²) in [5.41, 5.74) is 1.41. The largest absolute Gasteiger partial charge is 0.415 e. The minimum Gasteiger partial charge on any atom is -0.415 e. The lowest BCUT2D eigenvalue weighted by molar-refractivity contribution is 0.177. The minimum absolute atomic E-state index is 0.641. The molecule has 0 atom stereocenters. The molecule has 0 aliphatic rings. The van der Waals surface area contributed by atoms with Gasteiger partial charge in [-0.25, -0.2) is 15.0 Å². The topological polar surface area (TPSA) is 52.8 Å². The molecule has 2 aromatic rings. The van der Waals surface area contributed by atoms with Gasteiger partial charge >= 0.3 is 0 Å². The van der Waals surface area contributed by atoms with Gasteiger partial charge in [0.15, 0.2) is 5.65 Å². The molecule has 0 aliphatic heterocycles. The van der Waals surface area contributed by atoms with Gasteiger partial charge in [0.2, 0.25) is 0 Å². The van der Waals surface area contributed by atoms with Gasteiger partial charge in [-0.3, -0.25) is 0 Å². The Bertz CT molecular complexity index is 369. The van der Waals surface area contributed by atoms with Crippen molar-refractivity contribution in [3.8, 4) is 0 Å². The van der Waals surface area contributed by atoms with Crippen LogP contribution in [0.25, 0.3) is 11.2 Å². The second kappa shape index (κ2) is 2.19. The van der Waals surface area contributed by atoms with Crippen molar-refractivity contribution in [3.05, 3.63) is 18.9 Å². The molecule has 0 bridgehead atoms. The number of imidazole rings is 1. The van der Waals surface area contributed by atoms with E-state index in [-0.39, 0.29) is 0 Å². The van der Waals surface area contributed by atoms with Crippen LogP contribution in [0.1, 0.15) is 0 Å². The summed E-state index contributed by atoms with van der Waals surface area (Å²) in [6.07, 6.45) is 4.66. The second-order valence-corrected chi connectivity index (χ2v) is 1.98. The number of aromatic nitrogens is 4. The fourth-order valence-electron chi connectivity index (χ4n) is 0.886. The van der Waals surface area contributed by atoms with Crippen molar-refractivity contribution in [1.82, 2.24) is 19.7 Å². The highest BCUT2D eigenvalue weighted by molar-refractivity contribution is 5.68. The van der Waals surface area contributed by atoms with Gasteiger partial charge in [-0.1, -0.05) is 0 Å². The van der Waals surface area contributed by atoms with Crippen molar-refractivity contribution in [3.63, 3.8) is 0 Å². The van der Waals surface area contributed by atoms with Crippen LogP contribution < -0.4 is 4.84 Å². The summed E-state index contributed by atoms with van der Waals surface area (Å²) in [7, 11) is 1.56. The first-order valence-corrected chi connectivity index (χ1v) is 3.09. The third kappa shape index (κ3) is 0.813. The summed E-state index contributed by atoms with van der Waals surface area (Å²) in [5, 5.41) is 0. The highest BCUT2D eigenvalue weighted by Gasteiger charge is 2.00. The first-order chi connectivity index (χ1) is 5.42. The predicted octanol–water partition coefficient (Wildman–Crippen LogP) is -0.115. The van der Waals surface area contributed by atoms with Gasteiger partial charge in [-0.05, 0) is 0 Å². The van der Waals surface area contributed by atoms with Crippen molar-refractivity contribution >= 4 is 11.2 Å². The molecule has 0 N–H and O–H groups in total. The molecule has 0 radical (unpaired) electrons. The molecule has 11 heavy (non-hydrogen) atoms. The Morgan fingerprint density at radius 3 is 3.18 bits per heavy atom. The summed E-state index contributed by atoms with van der Waals surface area (Å²) in [5.74, 6) is 0. The number of rotatable bonds is 1. The first-order valence-electron chi connectivity index (χ1n) is 3.09. The lowest BCUT2D eigenvalue weighted by Gasteiger charge is -1.97. The van der Waals surface area contributed by atoms with Crippen LogP contribution in [0.2, 0.25) is 0 Å². The number of hydrogen-bond acceptors (Lipinski definition) is 4. The SMILES string of the molecule is COn1cnc2ncncc21. The van der Waals surface area contributed by atoms with E-state index in [1.54, 1.807) is 19.6 Å². The van der Waals surface area contributed by atoms with Crippen LogP contribution in [0, 0.1) is 0 Å². The van der Waals surface area contributed by atoms with Crippen LogP contribution in [-0.4, -0.2) is 26.8 Å². The average molecular weight is 150 g/mol. The molecule has 0 aromatic carbocycles. The van der Waals surface area contributed by atoms with E-state index in [4.69, 9.17) is 4.84 Å². The fourth-order valence-corrected chi connectivity index (χ4v) is 0.886. The van der Waals surface area contributed by atoms with Gasteiger partial charge in [-0.15, -0.1) is 0 Å². The maximum absolute atomic E-state index is 4.94. The zero-order valence-electron chi connectivity index (χ0n) is 5.93. The summed E-state index contributed by atoms with van der Waals surface area (Å²) in [6, 6.07) is 0. The summed E-state index contributed by atoms with van der Waals surface area (Å²) in [6.45, 7) is 0. The van der Waals surface area contributed by atoms with Crippen LogP contribution >= 0.6 is 0 Å². The lowest BCUT2D eigenvalue weighted by Crippen LogP contribution is -2.02. The lowest BCUT2D eigenvalue weighted by atomic mass is 10.6. The standard InChI is InChI=1S/C6H6N4O/c1-11-10-4-9-6-5(10)2-7-3-8-6/h2-4H,1H3. The molecule has 0 aliphatic carbocycles. The zero-order valence-corrected chi connectivity index (χ0v) is 5.93. The van der Waals surface area contributed by atoms with E-state index in [1.165, 1.54) is 11.1 Å². The van der Waals surface area contributed by atoms with Gasteiger partial charge in [0.05, 0.1) is 6.20 Å². The summed E-state index contributed by atoms with van der Waals surface area (Å²) >= 11 is 0. The third-order valence-electron chi connectivity index (χ3n) is 1.39. The fraction of sp³-hybridized carbons (Fsp3) is 0.167. The van der Waals surface area contributed by atoms with Crippen LogP contribution in [0.5, 0.6) is 0 Å². The number of fused-ring (bicyclic) bond motifs is 1. The second-order valence-electron chi connectivity index (χ2n) is 1.98. The van der Waals surface area contributed by atoms with E-state index < -0.39 is 0 Å².